The summed E-state index contributed by atoms with van der Waals surface area (Å²) < 4.78 is 5.61. The van der Waals surface area contributed by atoms with Crippen molar-refractivity contribution in [1.82, 2.24) is 0 Å². The molecule has 0 unspecified atom stereocenters. The Labute approximate surface area is 72.7 Å². The number of hydrogen-bond acceptors (Lipinski definition) is 3. The number of thiocarbonyl (C=S) groups is 1. The van der Waals surface area contributed by atoms with Crippen LogP contribution >= 0.6 is 12.2 Å². The molecule has 0 spiro atoms. The van der Waals surface area contributed by atoms with Crippen molar-refractivity contribution in [2.24, 2.45) is 4.99 Å². The Morgan fingerprint density at radius 1 is 1.64 bits per heavy atom. The van der Waals surface area contributed by atoms with Gasteiger partial charge in [-0.2, -0.15) is 0 Å². The molecule has 3 heteroatoms. The average Bonchev–Trinajstić information content (AvgIpc) is 2.01. The number of nitrogens with zero attached hydrogens (tertiary/aromatic N) is 1. The lowest BCUT2D eigenvalue weighted by Gasteiger charge is -2.26. The Kier molecular flexibility index (Phi) is 3.70. The first-order chi connectivity index (χ1) is 5.33. The highest BCUT2D eigenvalue weighted by Crippen LogP contribution is 2.18. The molecule has 62 valence electrons. The van der Waals surface area contributed by atoms with Crippen molar-refractivity contribution in [2.45, 2.75) is 38.4 Å². The smallest absolute Gasteiger partial charge is 0.0781 e. The zero-order chi connectivity index (χ0) is 8.10. The molecule has 1 rings (SSSR count). The molecule has 0 aromatic heterocycles. The molecule has 2 nitrogen and oxygen atoms in total. The van der Waals surface area contributed by atoms with E-state index < -0.39 is 0 Å². The van der Waals surface area contributed by atoms with Crippen LogP contribution in [0.5, 0.6) is 0 Å². The molecule has 1 saturated heterocycles. The van der Waals surface area contributed by atoms with Crippen molar-refractivity contribution in [3.05, 3.63) is 0 Å². The van der Waals surface area contributed by atoms with E-state index in [0.717, 1.165) is 6.42 Å². The van der Waals surface area contributed by atoms with Crippen molar-refractivity contribution < 1.29 is 4.74 Å². The molecule has 0 aliphatic carbocycles. The van der Waals surface area contributed by atoms with E-state index in [1.54, 1.807) is 0 Å². The van der Waals surface area contributed by atoms with Crippen LogP contribution in [-0.4, -0.2) is 23.9 Å². The van der Waals surface area contributed by atoms with Gasteiger partial charge in [0.25, 0.3) is 0 Å². The zero-order valence-corrected chi connectivity index (χ0v) is 7.56. The number of aliphatic imine (C=N–C) groups is 1. The minimum Gasteiger partial charge on any atom is -0.373 e. The lowest BCUT2D eigenvalue weighted by molar-refractivity contribution is -0.0338. The molecule has 1 heterocycles. The minimum absolute atomic E-state index is 0.286. The van der Waals surface area contributed by atoms with E-state index in [4.69, 9.17) is 4.74 Å². The van der Waals surface area contributed by atoms with Crippen LogP contribution in [0, 0.1) is 0 Å². The van der Waals surface area contributed by atoms with E-state index in [9.17, 15) is 0 Å². The van der Waals surface area contributed by atoms with Gasteiger partial charge in [0.1, 0.15) is 0 Å². The van der Waals surface area contributed by atoms with Crippen LogP contribution in [0.2, 0.25) is 0 Å². The maximum Gasteiger partial charge on any atom is 0.0781 e. The highest BCUT2D eigenvalue weighted by Gasteiger charge is 2.17. The van der Waals surface area contributed by atoms with Gasteiger partial charge in [-0.15, -0.1) is 0 Å². The number of hydrogen-bond donors (Lipinski definition) is 0. The van der Waals surface area contributed by atoms with Gasteiger partial charge in [-0.1, -0.05) is 0 Å². The standard InChI is InChI=1S/C8H13NOS/c1-7-3-2-4-8(10-7)5-9-6-11/h7-8H,2-5H2,1H3/t7-,8+/m1/s1. The molecule has 0 aromatic rings. The van der Waals surface area contributed by atoms with Crippen LogP contribution in [-0.2, 0) is 4.74 Å². The molecule has 1 fully saturated rings. The number of rotatable bonds is 2. The van der Waals surface area contributed by atoms with Crippen molar-refractivity contribution in [1.29, 1.82) is 0 Å². The van der Waals surface area contributed by atoms with E-state index in [-0.39, 0.29) is 6.10 Å². The van der Waals surface area contributed by atoms with Crippen molar-refractivity contribution in [3.8, 4) is 0 Å². The highest BCUT2D eigenvalue weighted by atomic mass is 32.1. The van der Waals surface area contributed by atoms with Gasteiger partial charge in [-0.05, 0) is 38.4 Å². The second kappa shape index (κ2) is 4.60. The van der Waals surface area contributed by atoms with Crippen molar-refractivity contribution in [3.63, 3.8) is 0 Å². The predicted octanol–water partition coefficient (Wildman–Crippen LogP) is 2.05. The number of ether oxygens (including phenoxy) is 1. The molecular formula is C8H13NOS. The average molecular weight is 171 g/mol. The first-order valence-corrected chi connectivity index (χ1v) is 4.43. The van der Waals surface area contributed by atoms with Gasteiger partial charge in [0, 0.05) is 0 Å². The maximum absolute atomic E-state index is 5.61. The van der Waals surface area contributed by atoms with E-state index in [0.29, 0.717) is 12.6 Å². The van der Waals surface area contributed by atoms with E-state index >= 15 is 0 Å². The first-order valence-electron chi connectivity index (χ1n) is 4.02. The molecule has 2 atom stereocenters. The molecule has 0 radical (unpaired) electrons. The van der Waals surface area contributed by atoms with Gasteiger partial charge < -0.3 is 4.74 Å². The fraction of sp³-hybridized carbons (Fsp3) is 0.875. The lowest BCUT2D eigenvalue weighted by Crippen LogP contribution is -2.27. The Balaban J connectivity index is 2.27. The lowest BCUT2D eigenvalue weighted by atomic mass is 10.1. The van der Waals surface area contributed by atoms with Crippen LogP contribution in [0.1, 0.15) is 26.2 Å². The van der Waals surface area contributed by atoms with Gasteiger partial charge in [0.15, 0.2) is 0 Å². The topological polar surface area (TPSA) is 21.6 Å². The molecule has 0 saturated carbocycles. The summed E-state index contributed by atoms with van der Waals surface area (Å²) in [5.74, 6) is 0. The normalized spacial score (nSPS) is 31.0. The summed E-state index contributed by atoms with van der Waals surface area (Å²) in [6, 6.07) is 0. The van der Waals surface area contributed by atoms with E-state index in [2.05, 4.69) is 29.3 Å². The predicted molar refractivity (Wildman–Crippen MR) is 48.1 cm³/mol. The maximum atomic E-state index is 5.61. The van der Waals surface area contributed by atoms with Crippen LogP contribution in [0.4, 0.5) is 0 Å². The Hall–Kier alpha value is -0.240. The van der Waals surface area contributed by atoms with Crippen molar-refractivity contribution >= 4 is 17.4 Å². The molecular weight excluding hydrogens is 158 g/mol. The van der Waals surface area contributed by atoms with Gasteiger partial charge in [-0.3, -0.25) is 0 Å². The summed E-state index contributed by atoms with van der Waals surface area (Å²) in [6.45, 7) is 2.79. The largest absolute Gasteiger partial charge is 0.373 e. The van der Waals surface area contributed by atoms with Crippen LogP contribution in [0.15, 0.2) is 4.99 Å². The molecule has 0 amide bonds. The molecule has 0 bridgehead atoms. The first kappa shape index (κ1) is 8.85. The Bertz CT molecular complexity index is 165. The second-order valence-electron chi connectivity index (χ2n) is 2.93. The molecule has 11 heavy (non-hydrogen) atoms. The summed E-state index contributed by atoms with van der Waals surface area (Å²) in [7, 11) is 0. The van der Waals surface area contributed by atoms with Gasteiger partial charge in [0.05, 0.1) is 23.9 Å². The molecule has 1 aliphatic heterocycles. The SMILES string of the molecule is C[C@@H]1CCC[C@@H](CN=C=S)O1. The van der Waals surface area contributed by atoms with E-state index in [1.807, 2.05) is 0 Å². The Morgan fingerprint density at radius 3 is 3.09 bits per heavy atom. The summed E-state index contributed by atoms with van der Waals surface area (Å²) in [5.41, 5.74) is 0. The fourth-order valence-corrected chi connectivity index (χ4v) is 1.45. The zero-order valence-electron chi connectivity index (χ0n) is 6.75. The molecule has 1 aliphatic rings. The van der Waals surface area contributed by atoms with Crippen LogP contribution in [0.25, 0.3) is 0 Å². The summed E-state index contributed by atoms with van der Waals surface area (Å²) >= 11 is 4.48. The Morgan fingerprint density at radius 2 is 2.45 bits per heavy atom. The van der Waals surface area contributed by atoms with Gasteiger partial charge >= 0.3 is 0 Å². The third-order valence-corrected chi connectivity index (χ3v) is 2.05. The summed E-state index contributed by atoms with van der Waals surface area (Å²) in [6.07, 6.45) is 4.23. The third kappa shape index (κ3) is 3.10. The molecule has 0 N–H and O–H groups in total. The van der Waals surface area contributed by atoms with Crippen LogP contribution < -0.4 is 0 Å². The highest BCUT2D eigenvalue weighted by molar-refractivity contribution is 7.78. The fourth-order valence-electron chi connectivity index (χ4n) is 1.37. The summed E-state index contributed by atoms with van der Waals surface area (Å²) in [4.78, 5) is 3.87. The monoisotopic (exact) mass is 171 g/mol. The third-order valence-electron chi connectivity index (χ3n) is 1.92. The van der Waals surface area contributed by atoms with Gasteiger partial charge in [-0.25, -0.2) is 4.99 Å². The number of isothiocyanates is 1. The van der Waals surface area contributed by atoms with Gasteiger partial charge in [0.2, 0.25) is 0 Å². The second-order valence-corrected chi connectivity index (χ2v) is 3.11. The quantitative estimate of drug-likeness (QED) is 0.468. The van der Waals surface area contributed by atoms with Crippen LogP contribution in [0.3, 0.4) is 0 Å². The van der Waals surface area contributed by atoms with E-state index in [1.165, 1.54) is 12.8 Å². The molecule has 0 aromatic carbocycles. The minimum atomic E-state index is 0.286. The summed E-state index contributed by atoms with van der Waals surface area (Å²) in [5, 5.41) is 2.36. The van der Waals surface area contributed by atoms with Crippen molar-refractivity contribution in [2.75, 3.05) is 6.54 Å².